The van der Waals surface area contributed by atoms with Gasteiger partial charge in [0.15, 0.2) is 0 Å². The Labute approximate surface area is 207 Å². The molecule has 35 heavy (non-hydrogen) atoms. The van der Waals surface area contributed by atoms with Crippen LogP contribution in [0.1, 0.15) is 58.9 Å². The van der Waals surface area contributed by atoms with E-state index in [1.54, 1.807) is 4.90 Å². The SMILES string of the molecule is CCCCNC(=O)C1N([C@@H](CO)C(C)C)C(=O)[C@@H]2[C@H](C(=O)NCc3ccccc3)[C@]3(C)CCC12O3. The average Bonchev–Trinajstić information content (AvgIpc) is 3.40. The molecule has 3 saturated heterocycles. The van der Waals surface area contributed by atoms with E-state index in [9.17, 15) is 19.5 Å². The van der Waals surface area contributed by atoms with Crippen molar-refractivity contribution in [2.45, 2.75) is 83.2 Å². The molecule has 2 unspecified atom stereocenters. The Morgan fingerprint density at radius 2 is 1.89 bits per heavy atom. The first-order chi connectivity index (χ1) is 16.7. The molecule has 3 heterocycles. The van der Waals surface area contributed by atoms with Gasteiger partial charge in [0.1, 0.15) is 11.6 Å². The number of rotatable bonds is 10. The standard InChI is InChI=1S/C27H39N3O5/c1-5-6-14-28-24(33)22-27-13-12-26(4,35-27)20(23(32)29-15-18-10-8-7-9-11-18)21(27)25(34)30(22)19(16-31)17(2)3/h7-11,17,19-22,31H,5-6,12-16H2,1-4H3,(H,28,33)(H,29,32)/t19-,20+,21-,22?,26-,27?/m0/s1. The fourth-order valence-corrected chi connectivity index (χ4v) is 6.42. The van der Waals surface area contributed by atoms with Crippen LogP contribution >= 0.6 is 0 Å². The van der Waals surface area contributed by atoms with Crippen LogP contribution in [-0.2, 0) is 25.7 Å². The molecule has 2 bridgehead atoms. The van der Waals surface area contributed by atoms with Gasteiger partial charge in [-0.15, -0.1) is 0 Å². The molecule has 0 aliphatic carbocycles. The Kier molecular flexibility index (Phi) is 7.25. The van der Waals surface area contributed by atoms with E-state index in [2.05, 4.69) is 10.6 Å². The topological polar surface area (TPSA) is 108 Å². The zero-order valence-corrected chi connectivity index (χ0v) is 21.3. The van der Waals surface area contributed by atoms with Gasteiger partial charge in [-0.05, 0) is 37.7 Å². The number of benzene rings is 1. The number of carbonyl (C=O) groups is 3. The number of fused-ring (bicyclic) bond motifs is 1. The molecule has 3 aliphatic heterocycles. The molecule has 192 valence electrons. The third kappa shape index (κ3) is 4.25. The lowest BCUT2D eigenvalue weighted by molar-refractivity contribution is -0.150. The van der Waals surface area contributed by atoms with Crippen molar-refractivity contribution < 1.29 is 24.2 Å². The number of aliphatic hydroxyl groups is 1. The Bertz CT molecular complexity index is 953. The van der Waals surface area contributed by atoms with Crippen LogP contribution in [0, 0.1) is 17.8 Å². The third-order valence-electron chi connectivity index (χ3n) is 8.20. The third-order valence-corrected chi connectivity index (χ3v) is 8.20. The predicted molar refractivity (Wildman–Crippen MR) is 131 cm³/mol. The second kappa shape index (κ2) is 9.90. The van der Waals surface area contributed by atoms with E-state index in [4.69, 9.17) is 4.74 Å². The molecule has 3 aliphatic rings. The van der Waals surface area contributed by atoms with Crippen LogP contribution in [0.3, 0.4) is 0 Å². The number of amides is 3. The minimum Gasteiger partial charge on any atom is -0.394 e. The van der Waals surface area contributed by atoms with Crippen LogP contribution in [0.25, 0.3) is 0 Å². The summed E-state index contributed by atoms with van der Waals surface area (Å²) < 4.78 is 6.61. The second-order valence-corrected chi connectivity index (χ2v) is 10.8. The highest BCUT2D eigenvalue weighted by atomic mass is 16.5. The van der Waals surface area contributed by atoms with Gasteiger partial charge < -0.3 is 25.4 Å². The Morgan fingerprint density at radius 1 is 1.17 bits per heavy atom. The lowest BCUT2D eigenvalue weighted by atomic mass is 9.66. The van der Waals surface area contributed by atoms with Crippen LogP contribution < -0.4 is 10.6 Å². The van der Waals surface area contributed by atoms with Gasteiger partial charge in [-0.2, -0.15) is 0 Å². The Balaban J connectivity index is 1.67. The van der Waals surface area contributed by atoms with Crippen LogP contribution in [-0.4, -0.2) is 64.2 Å². The molecule has 0 radical (unpaired) electrons. The molecular formula is C27H39N3O5. The van der Waals surface area contributed by atoms with E-state index < -0.39 is 35.1 Å². The van der Waals surface area contributed by atoms with Gasteiger partial charge in [-0.3, -0.25) is 14.4 Å². The zero-order chi connectivity index (χ0) is 25.4. The summed E-state index contributed by atoms with van der Waals surface area (Å²) in [5, 5.41) is 16.2. The highest BCUT2D eigenvalue weighted by Crippen LogP contribution is 2.63. The van der Waals surface area contributed by atoms with E-state index in [1.807, 2.05) is 58.0 Å². The lowest BCUT2D eigenvalue weighted by Crippen LogP contribution is -2.59. The first-order valence-corrected chi connectivity index (χ1v) is 12.9. The lowest BCUT2D eigenvalue weighted by Gasteiger charge is -2.38. The van der Waals surface area contributed by atoms with Crippen molar-refractivity contribution >= 4 is 17.7 Å². The number of carbonyl (C=O) groups excluding carboxylic acids is 3. The summed E-state index contributed by atoms with van der Waals surface area (Å²) in [6.07, 6.45) is 2.89. The number of aliphatic hydroxyl groups excluding tert-OH is 1. The van der Waals surface area contributed by atoms with Crippen molar-refractivity contribution in [1.82, 2.24) is 15.5 Å². The van der Waals surface area contributed by atoms with Crippen molar-refractivity contribution in [1.29, 1.82) is 0 Å². The molecule has 4 rings (SSSR count). The number of ether oxygens (including phenoxy) is 1. The van der Waals surface area contributed by atoms with E-state index in [0.717, 1.165) is 18.4 Å². The monoisotopic (exact) mass is 485 g/mol. The maximum atomic E-state index is 14.0. The number of hydrogen-bond donors (Lipinski definition) is 3. The van der Waals surface area contributed by atoms with Gasteiger partial charge in [0.25, 0.3) is 0 Å². The molecule has 1 aromatic rings. The van der Waals surface area contributed by atoms with Gasteiger partial charge >= 0.3 is 0 Å². The van der Waals surface area contributed by atoms with Crippen molar-refractivity contribution in [3.63, 3.8) is 0 Å². The summed E-state index contributed by atoms with van der Waals surface area (Å²) in [6, 6.07) is 8.23. The van der Waals surface area contributed by atoms with Crippen molar-refractivity contribution in [2.75, 3.05) is 13.2 Å². The molecule has 1 spiro atoms. The molecule has 3 N–H and O–H groups in total. The minimum absolute atomic E-state index is 0.0664. The van der Waals surface area contributed by atoms with Crippen molar-refractivity contribution in [2.24, 2.45) is 17.8 Å². The average molecular weight is 486 g/mol. The first-order valence-electron chi connectivity index (χ1n) is 12.9. The van der Waals surface area contributed by atoms with E-state index in [1.165, 1.54) is 0 Å². The van der Waals surface area contributed by atoms with Crippen molar-refractivity contribution in [3.05, 3.63) is 35.9 Å². The van der Waals surface area contributed by atoms with E-state index in [-0.39, 0.29) is 30.2 Å². The number of hydrogen-bond acceptors (Lipinski definition) is 5. The molecule has 6 atom stereocenters. The maximum Gasteiger partial charge on any atom is 0.245 e. The fraction of sp³-hybridized carbons (Fsp3) is 0.667. The number of likely N-dealkylation sites (tertiary alicyclic amines) is 1. The van der Waals surface area contributed by atoms with E-state index in [0.29, 0.717) is 25.9 Å². The maximum absolute atomic E-state index is 14.0. The van der Waals surface area contributed by atoms with Gasteiger partial charge in [0, 0.05) is 13.1 Å². The Morgan fingerprint density at radius 3 is 2.51 bits per heavy atom. The van der Waals surface area contributed by atoms with Gasteiger partial charge in [-0.25, -0.2) is 0 Å². The molecule has 3 fully saturated rings. The Hall–Kier alpha value is -2.45. The first kappa shape index (κ1) is 25.6. The smallest absolute Gasteiger partial charge is 0.245 e. The normalized spacial score (nSPS) is 32.1. The molecule has 3 amide bonds. The van der Waals surface area contributed by atoms with Gasteiger partial charge in [0.2, 0.25) is 17.7 Å². The molecule has 0 aromatic heterocycles. The van der Waals surface area contributed by atoms with Crippen LogP contribution in [0.15, 0.2) is 30.3 Å². The zero-order valence-electron chi connectivity index (χ0n) is 21.3. The van der Waals surface area contributed by atoms with Crippen molar-refractivity contribution in [3.8, 4) is 0 Å². The summed E-state index contributed by atoms with van der Waals surface area (Å²) in [4.78, 5) is 42.7. The summed E-state index contributed by atoms with van der Waals surface area (Å²) in [5.74, 6) is -2.28. The highest BCUT2D eigenvalue weighted by Gasteiger charge is 2.78. The molecular weight excluding hydrogens is 446 g/mol. The number of unbranched alkanes of at least 4 members (excludes halogenated alkanes) is 1. The molecule has 8 nitrogen and oxygen atoms in total. The summed E-state index contributed by atoms with van der Waals surface area (Å²) in [7, 11) is 0. The summed E-state index contributed by atoms with van der Waals surface area (Å²) >= 11 is 0. The quantitative estimate of drug-likeness (QED) is 0.440. The van der Waals surface area contributed by atoms with Crippen LogP contribution in [0.5, 0.6) is 0 Å². The highest BCUT2D eigenvalue weighted by molar-refractivity contribution is 5.99. The number of nitrogens with zero attached hydrogens (tertiary/aromatic N) is 1. The van der Waals surface area contributed by atoms with Crippen LogP contribution in [0.4, 0.5) is 0 Å². The second-order valence-electron chi connectivity index (χ2n) is 10.8. The number of nitrogens with one attached hydrogen (secondary N) is 2. The molecule has 8 heteroatoms. The van der Waals surface area contributed by atoms with Crippen LogP contribution in [0.2, 0.25) is 0 Å². The molecule has 1 aromatic carbocycles. The fourth-order valence-electron chi connectivity index (χ4n) is 6.42. The van der Waals surface area contributed by atoms with Gasteiger partial charge in [0.05, 0.1) is 30.1 Å². The largest absolute Gasteiger partial charge is 0.394 e. The summed E-state index contributed by atoms with van der Waals surface area (Å²) in [6.45, 7) is 8.41. The molecule has 0 saturated carbocycles. The predicted octanol–water partition coefficient (Wildman–Crippen LogP) is 2.00. The van der Waals surface area contributed by atoms with Gasteiger partial charge in [-0.1, -0.05) is 57.5 Å². The minimum atomic E-state index is -1.07. The van der Waals surface area contributed by atoms with E-state index >= 15 is 0 Å². The summed E-state index contributed by atoms with van der Waals surface area (Å²) in [5.41, 5.74) is -0.918.